The zero-order valence-electron chi connectivity index (χ0n) is 9.63. The molecule has 0 aliphatic heterocycles. The van der Waals surface area contributed by atoms with Gasteiger partial charge < -0.3 is 10.3 Å². The van der Waals surface area contributed by atoms with Crippen LogP contribution in [0.25, 0.3) is 5.69 Å². The van der Waals surface area contributed by atoms with E-state index < -0.39 is 0 Å². The number of hydrogen-bond acceptors (Lipinski definition) is 3. The quantitative estimate of drug-likeness (QED) is 0.837. The Bertz CT molecular complexity index is 533. The second-order valence-electron chi connectivity index (χ2n) is 3.72. The number of thiocarbonyl (C=S) groups is 1. The lowest BCUT2D eigenvalue weighted by Gasteiger charge is -2.11. The molecule has 0 aromatic carbocycles. The first-order valence-corrected chi connectivity index (χ1v) is 5.91. The van der Waals surface area contributed by atoms with Crippen molar-refractivity contribution >= 4 is 17.2 Å². The molecule has 0 fully saturated rings. The molecule has 0 radical (unpaired) electrons. The van der Waals surface area contributed by atoms with Crippen molar-refractivity contribution in [1.29, 1.82) is 0 Å². The Kier molecular flexibility index (Phi) is 3.49. The molecule has 0 saturated heterocycles. The highest BCUT2D eigenvalue weighted by Gasteiger charge is 2.10. The highest BCUT2D eigenvalue weighted by molar-refractivity contribution is 7.80. The van der Waals surface area contributed by atoms with E-state index in [0.29, 0.717) is 4.99 Å². The summed E-state index contributed by atoms with van der Waals surface area (Å²) in [7, 11) is 0. The number of imidazole rings is 1. The third-order valence-corrected chi connectivity index (χ3v) is 2.74. The smallest absolute Gasteiger partial charge is 0.113 e. The van der Waals surface area contributed by atoms with Crippen molar-refractivity contribution in [3.8, 4) is 5.69 Å². The lowest BCUT2D eigenvalue weighted by Crippen LogP contribution is -2.14. The predicted octanol–water partition coefficient (Wildman–Crippen LogP) is 1.85. The average molecular weight is 246 g/mol. The number of aryl methyl sites for hydroxylation is 1. The summed E-state index contributed by atoms with van der Waals surface area (Å²) in [5, 5.41) is 0. The second-order valence-corrected chi connectivity index (χ2v) is 4.16. The number of aromatic nitrogens is 3. The van der Waals surface area contributed by atoms with Crippen LogP contribution in [-0.2, 0) is 6.42 Å². The van der Waals surface area contributed by atoms with Gasteiger partial charge in [0.2, 0.25) is 0 Å². The van der Waals surface area contributed by atoms with Gasteiger partial charge in [-0.1, -0.05) is 19.1 Å². The molecule has 2 aromatic rings. The first-order valence-electron chi connectivity index (χ1n) is 5.50. The Morgan fingerprint density at radius 1 is 1.47 bits per heavy atom. The van der Waals surface area contributed by atoms with Gasteiger partial charge in [-0.15, -0.1) is 0 Å². The summed E-state index contributed by atoms with van der Waals surface area (Å²) in [6.45, 7) is 2.12. The maximum atomic E-state index is 5.71. The molecule has 0 aliphatic carbocycles. The van der Waals surface area contributed by atoms with E-state index in [-0.39, 0.29) is 0 Å². The van der Waals surface area contributed by atoms with Gasteiger partial charge in [-0.05, 0) is 12.5 Å². The minimum Gasteiger partial charge on any atom is -0.389 e. The van der Waals surface area contributed by atoms with Crippen LogP contribution in [0.4, 0.5) is 0 Å². The summed E-state index contributed by atoms with van der Waals surface area (Å²) < 4.78 is 1.99. The Labute approximate surface area is 106 Å². The van der Waals surface area contributed by atoms with Gasteiger partial charge in [0.25, 0.3) is 0 Å². The fourth-order valence-electron chi connectivity index (χ4n) is 1.75. The van der Waals surface area contributed by atoms with Gasteiger partial charge in [-0.3, -0.25) is 4.98 Å². The molecule has 0 saturated carbocycles. The fourth-order valence-corrected chi connectivity index (χ4v) is 1.92. The Morgan fingerprint density at radius 3 is 3.00 bits per heavy atom. The molecule has 5 heteroatoms. The summed E-state index contributed by atoms with van der Waals surface area (Å²) in [6, 6.07) is 1.83. The van der Waals surface area contributed by atoms with Gasteiger partial charge in [0.1, 0.15) is 10.8 Å². The third-order valence-electron chi connectivity index (χ3n) is 2.52. The van der Waals surface area contributed by atoms with E-state index in [2.05, 4.69) is 16.9 Å². The van der Waals surface area contributed by atoms with Crippen molar-refractivity contribution in [2.24, 2.45) is 5.73 Å². The van der Waals surface area contributed by atoms with Crippen molar-refractivity contribution in [3.63, 3.8) is 0 Å². The lowest BCUT2D eigenvalue weighted by molar-refractivity contribution is 0.807. The standard InChI is InChI=1S/C12H14N4S/c1-2-3-11-15-6-7-16(11)10-8-14-5-4-9(10)12(13)17/h4-8H,2-3H2,1H3,(H2,13,17). The Hall–Kier alpha value is -1.75. The summed E-state index contributed by atoms with van der Waals surface area (Å²) >= 11 is 5.05. The highest BCUT2D eigenvalue weighted by atomic mass is 32.1. The van der Waals surface area contributed by atoms with Crippen molar-refractivity contribution in [1.82, 2.24) is 14.5 Å². The maximum absolute atomic E-state index is 5.71. The molecule has 88 valence electrons. The summed E-state index contributed by atoms with van der Waals surface area (Å²) in [5.41, 5.74) is 7.43. The van der Waals surface area contributed by atoms with Crippen LogP contribution >= 0.6 is 12.2 Å². The van der Waals surface area contributed by atoms with E-state index in [1.54, 1.807) is 18.6 Å². The summed E-state index contributed by atoms with van der Waals surface area (Å²) in [6.07, 6.45) is 9.09. The first-order chi connectivity index (χ1) is 8.24. The summed E-state index contributed by atoms with van der Waals surface area (Å²) in [4.78, 5) is 8.83. The molecule has 0 spiro atoms. The SMILES string of the molecule is CCCc1nccn1-c1cnccc1C(N)=S. The number of hydrogen-bond donors (Lipinski definition) is 1. The van der Waals surface area contributed by atoms with Gasteiger partial charge in [0.05, 0.1) is 11.9 Å². The molecule has 0 aliphatic rings. The van der Waals surface area contributed by atoms with E-state index in [1.807, 2.05) is 16.8 Å². The zero-order chi connectivity index (χ0) is 12.3. The molecule has 0 amide bonds. The van der Waals surface area contributed by atoms with Crippen molar-refractivity contribution in [2.45, 2.75) is 19.8 Å². The minimum atomic E-state index is 0.374. The zero-order valence-corrected chi connectivity index (χ0v) is 10.4. The van der Waals surface area contributed by atoms with Gasteiger partial charge in [0.15, 0.2) is 0 Å². The molecular weight excluding hydrogens is 232 g/mol. The van der Waals surface area contributed by atoms with Gasteiger partial charge in [-0.25, -0.2) is 4.98 Å². The number of rotatable bonds is 4. The number of pyridine rings is 1. The molecule has 0 bridgehead atoms. The van der Waals surface area contributed by atoms with Crippen LogP contribution in [0.3, 0.4) is 0 Å². The largest absolute Gasteiger partial charge is 0.389 e. The van der Waals surface area contributed by atoms with Crippen LogP contribution in [0.15, 0.2) is 30.9 Å². The second kappa shape index (κ2) is 5.05. The van der Waals surface area contributed by atoms with Crippen LogP contribution in [0.1, 0.15) is 24.7 Å². The monoisotopic (exact) mass is 246 g/mol. The van der Waals surface area contributed by atoms with Crippen molar-refractivity contribution in [3.05, 3.63) is 42.2 Å². The van der Waals surface area contributed by atoms with E-state index in [0.717, 1.165) is 29.9 Å². The first kappa shape index (κ1) is 11.7. The minimum absolute atomic E-state index is 0.374. The normalized spacial score (nSPS) is 10.4. The van der Waals surface area contributed by atoms with Gasteiger partial charge >= 0.3 is 0 Å². The van der Waals surface area contributed by atoms with Gasteiger partial charge in [-0.2, -0.15) is 0 Å². The molecular formula is C12H14N4S. The fraction of sp³-hybridized carbons (Fsp3) is 0.250. The Balaban J connectivity index is 2.52. The third kappa shape index (κ3) is 2.34. The molecule has 2 heterocycles. The number of nitrogens with two attached hydrogens (primary N) is 1. The van der Waals surface area contributed by atoms with Crippen molar-refractivity contribution in [2.75, 3.05) is 0 Å². The highest BCUT2D eigenvalue weighted by Crippen LogP contribution is 2.15. The number of nitrogens with zero attached hydrogens (tertiary/aromatic N) is 3. The molecule has 0 unspecified atom stereocenters. The molecule has 4 nitrogen and oxygen atoms in total. The van der Waals surface area contributed by atoms with Crippen LogP contribution < -0.4 is 5.73 Å². The van der Waals surface area contributed by atoms with Crippen molar-refractivity contribution < 1.29 is 0 Å². The molecule has 0 atom stereocenters. The van der Waals surface area contributed by atoms with E-state index in [9.17, 15) is 0 Å². The summed E-state index contributed by atoms with van der Waals surface area (Å²) in [5.74, 6) is 0.998. The average Bonchev–Trinajstić information content (AvgIpc) is 2.77. The van der Waals surface area contributed by atoms with Crippen LogP contribution in [0.2, 0.25) is 0 Å². The maximum Gasteiger partial charge on any atom is 0.113 e. The van der Waals surface area contributed by atoms with Gasteiger partial charge in [0, 0.05) is 30.6 Å². The predicted molar refractivity (Wildman–Crippen MR) is 71.2 cm³/mol. The molecule has 2 rings (SSSR count). The molecule has 17 heavy (non-hydrogen) atoms. The Morgan fingerprint density at radius 2 is 2.29 bits per heavy atom. The topological polar surface area (TPSA) is 56.7 Å². The molecule has 2 aromatic heterocycles. The van der Waals surface area contributed by atoms with Crippen LogP contribution in [0.5, 0.6) is 0 Å². The van der Waals surface area contributed by atoms with E-state index in [4.69, 9.17) is 18.0 Å². The lowest BCUT2D eigenvalue weighted by atomic mass is 10.2. The van der Waals surface area contributed by atoms with E-state index >= 15 is 0 Å². The van der Waals surface area contributed by atoms with Crippen LogP contribution in [-0.4, -0.2) is 19.5 Å². The van der Waals surface area contributed by atoms with E-state index in [1.165, 1.54) is 0 Å². The van der Waals surface area contributed by atoms with Crippen LogP contribution in [0, 0.1) is 0 Å². The molecule has 2 N–H and O–H groups in total.